The maximum absolute atomic E-state index is 11.3. The number of rotatable bonds is 1. The first-order valence-corrected chi connectivity index (χ1v) is 7.52. The van der Waals surface area contributed by atoms with Gasteiger partial charge in [-0.25, -0.2) is 8.42 Å². The molecule has 0 aromatic heterocycles. The Labute approximate surface area is 98.2 Å². The molecule has 1 aliphatic heterocycles. The van der Waals surface area contributed by atoms with Crippen LogP contribution in [0.3, 0.4) is 0 Å². The molecule has 0 spiro atoms. The molecule has 2 rings (SSSR count). The van der Waals surface area contributed by atoms with Crippen molar-refractivity contribution in [1.29, 1.82) is 0 Å². The minimum absolute atomic E-state index is 0.350. The number of nitrogens with one attached hydrogen (secondary N) is 1. The van der Waals surface area contributed by atoms with Gasteiger partial charge in [-0.3, -0.25) is 0 Å². The van der Waals surface area contributed by atoms with E-state index in [4.69, 9.17) is 12.2 Å². The smallest absolute Gasteiger partial charge is 0.175 e. The van der Waals surface area contributed by atoms with E-state index < -0.39 is 9.84 Å². The molecule has 0 amide bonds. The van der Waals surface area contributed by atoms with E-state index in [0.29, 0.717) is 10.6 Å². The van der Waals surface area contributed by atoms with Crippen molar-refractivity contribution in [1.82, 2.24) is 0 Å². The van der Waals surface area contributed by atoms with Crippen LogP contribution in [-0.2, 0) is 9.84 Å². The van der Waals surface area contributed by atoms with E-state index in [1.54, 1.807) is 30.0 Å². The third-order valence-corrected chi connectivity index (χ3v) is 4.64. The molecule has 0 saturated heterocycles. The molecule has 1 N–H and O–H groups in total. The van der Waals surface area contributed by atoms with Crippen LogP contribution < -0.4 is 5.32 Å². The van der Waals surface area contributed by atoms with Crippen LogP contribution in [0.5, 0.6) is 0 Å². The topological polar surface area (TPSA) is 46.2 Å². The Balaban J connectivity index is 2.48. The fourth-order valence-corrected chi connectivity index (χ4v) is 3.14. The average molecular weight is 259 g/mol. The van der Waals surface area contributed by atoms with Gasteiger partial charge in [0.05, 0.1) is 15.6 Å². The summed E-state index contributed by atoms with van der Waals surface area (Å²) in [7, 11) is -3.12. The van der Waals surface area contributed by atoms with Gasteiger partial charge < -0.3 is 5.32 Å². The largest absolute Gasteiger partial charge is 0.348 e. The molecule has 3 nitrogen and oxygen atoms in total. The van der Waals surface area contributed by atoms with E-state index in [1.165, 1.54) is 6.26 Å². The monoisotopic (exact) mass is 259 g/mol. The summed E-state index contributed by atoms with van der Waals surface area (Å²) in [4.78, 5) is 2.06. The molecule has 0 radical (unpaired) electrons. The number of benzene rings is 1. The first kappa shape index (κ1) is 10.9. The van der Waals surface area contributed by atoms with Gasteiger partial charge in [0.25, 0.3) is 0 Å². The van der Waals surface area contributed by atoms with Crippen LogP contribution in [0.25, 0.3) is 0 Å². The molecule has 1 aromatic carbocycles. The molecule has 0 saturated carbocycles. The number of anilines is 1. The highest BCUT2D eigenvalue weighted by atomic mass is 32.2. The van der Waals surface area contributed by atoms with Gasteiger partial charge in [0.15, 0.2) is 9.84 Å². The van der Waals surface area contributed by atoms with E-state index >= 15 is 0 Å². The van der Waals surface area contributed by atoms with E-state index in [1.807, 2.05) is 0 Å². The molecule has 1 aliphatic rings. The summed E-state index contributed by atoms with van der Waals surface area (Å²) < 4.78 is 22.7. The average Bonchev–Trinajstić information content (AvgIpc) is 2.15. The predicted molar refractivity (Wildman–Crippen MR) is 66.5 cm³/mol. The first-order chi connectivity index (χ1) is 6.97. The Morgan fingerprint density at radius 3 is 2.87 bits per heavy atom. The van der Waals surface area contributed by atoms with Gasteiger partial charge in [-0.05, 0) is 18.2 Å². The van der Waals surface area contributed by atoms with Gasteiger partial charge in [-0.2, -0.15) is 0 Å². The predicted octanol–water partition coefficient (Wildman–Crippen LogP) is 1.94. The molecule has 0 unspecified atom stereocenters. The lowest BCUT2D eigenvalue weighted by Crippen LogP contribution is -2.16. The maximum atomic E-state index is 11.3. The van der Waals surface area contributed by atoms with Gasteiger partial charge in [-0.1, -0.05) is 12.2 Å². The third kappa shape index (κ3) is 2.32. The third-order valence-electron chi connectivity index (χ3n) is 2.01. The number of hydrogen-bond acceptors (Lipinski definition) is 4. The highest BCUT2D eigenvalue weighted by molar-refractivity contribution is 8.01. The lowest BCUT2D eigenvalue weighted by molar-refractivity contribution is 0.601. The zero-order chi connectivity index (χ0) is 11.1. The van der Waals surface area contributed by atoms with Gasteiger partial charge >= 0.3 is 0 Å². The lowest BCUT2D eigenvalue weighted by Gasteiger charge is -2.18. The minimum atomic E-state index is -3.12. The summed E-state index contributed by atoms with van der Waals surface area (Å²) in [6.07, 6.45) is 1.21. The molecule has 0 aliphatic carbocycles. The normalized spacial score (nSPS) is 15.7. The quantitative estimate of drug-likeness (QED) is 0.781. The van der Waals surface area contributed by atoms with Gasteiger partial charge in [0.2, 0.25) is 0 Å². The molecule has 0 bridgehead atoms. The summed E-state index contributed by atoms with van der Waals surface area (Å²) in [5.74, 6) is 0.704. The lowest BCUT2D eigenvalue weighted by atomic mass is 10.3. The molecule has 0 atom stereocenters. The summed E-state index contributed by atoms with van der Waals surface area (Å²) in [6, 6.07) is 5.03. The van der Waals surface area contributed by atoms with Gasteiger partial charge in [-0.15, -0.1) is 11.8 Å². The van der Waals surface area contributed by atoms with Crippen molar-refractivity contribution in [3.63, 3.8) is 0 Å². The van der Waals surface area contributed by atoms with Crippen molar-refractivity contribution >= 4 is 44.5 Å². The Morgan fingerprint density at radius 1 is 1.47 bits per heavy atom. The van der Waals surface area contributed by atoms with Crippen LogP contribution >= 0.6 is 24.0 Å². The Hall–Kier alpha value is -0.590. The summed E-state index contributed by atoms with van der Waals surface area (Å²) in [5, 5.41) is 3.05. The fraction of sp³-hybridized carbons (Fsp3) is 0.222. The molecule has 1 heterocycles. The molecular weight excluding hydrogens is 250 g/mol. The second-order valence-electron chi connectivity index (χ2n) is 3.27. The first-order valence-electron chi connectivity index (χ1n) is 4.23. The molecular formula is C9H9NO2S3. The maximum Gasteiger partial charge on any atom is 0.175 e. The molecule has 80 valence electrons. The van der Waals surface area contributed by atoms with Crippen molar-refractivity contribution in [2.45, 2.75) is 9.79 Å². The highest BCUT2D eigenvalue weighted by Crippen LogP contribution is 2.33. The summed E-state index contributed by atoms with van der Waals surface area (Å²) >= 11 is 6.60. The number of fused-ring (bicyclic) bond motifs is 1. The zero-order valence-corrected chi connectivity index (χ0v) is 10.4. The standard InChI is InChI=1S/C9H9NO2S3/c1-15(11,12)6-2-3-7-8(4-6)14-5-9(13)10-7/h2-4H,5H2,1H3,(H,10,13). The fourth-order valence-electron chi connectivity index (χ4n) is 1.29. The van der Waals surface area contributed by atoms with Crippen LogP contribution in [0.1, 0.15) is 0 Å². The van der Waals surface area contributed by atoms with Crippen LogP contribution in [0.15, 0.2) is 28.0 Å². The van der Waals surface area contributed by atoms with Crippen LogP contribution in [0.2, 0.25) is 0 Å². The van der Waals surface area contributed by atoms with Crippen molar-refractivity contribution in [2.24, 2.45) is 0 Å². The SMILES string of the molecule is CS(=O)(=O)c1ccc2c(c1)SCC(=S)N2. The Morgan fingerprint density at radius 2 is 2.20 bits per heavy atom. The van der Waals surface area contributed by atoms with Crippen molar-refractivity contribution in [3.05, 3.63) is 18.2 Å². The van der Waals surface area contributed by atoms with E-state index in [9.17, 15) is 8.42 Å². The van der Waals surface area contributed by atoms with Crippen LogP contribution in [-0.4, -0.2) is 25.4 Å². The highest BCUT2D eigenvalue weighted by Gasteiger charge is 2.15. The Bertz CT molecular complexity index is 522. The van der Waals surface area contributed by atoms with Gasteiger partial charge in [0.1, 0.15) is 0 Å². The minimum Gasteiger partial charge on any atom is -0.348 e. The van der Waals surface area contributed by atoms with E-state index in [-0.39, 0.29) is 0 Å². The van der Waals surface area contributed by atoms with Crippen molar-refractivity contribution < 1.29 is 8.42 Å². The van der Waals surface area contributed by atoms with Crippen molar-refractivity contribution in [2.75, 3.05) is 17.3 Å². The van der Waals surface area contributed by atoms with E-state index in [2.05, 4.69) is 5.32 Å². The van der Waals surface area contributed by atoms with Crippen molar-refractivity contribution in [3.8, 4) is 0 Å². The number of sulfone groups is 1. The van der Waals surface area contributed by atoms with Crippen LogP contribution in [0, 0.1) is 0 Å². The summed E-state index contributed by atoms with van der Waals surface area (Å²) in [5.41, 5.74) is 0.892. The van der Waals surface area contributed by atoms with E-state index in [0.717, 1.165) is 15.6 Å². The Kier molecular flexibility index (Phi) is 2.74. The number of thioether (sulfide) groups is 1. The molecule has 1 aromatic rings. The number of thiocarbonyl (C=S) groups is 1. The molecule has 0 fully saturated rings. The second-order valence-corrected chi connectivity index (χ2v) is 6.79. The van der Waals surface area contributed by atoms with Gasteiger partial charge in [0, 0.05) is 16.9 Å². The number of hydrogen-bond donors (Lipinski definition) is 1. The summed E-state index contributed by atoms with van der Waals surface area (Å²) in [6.45, 7) is 0. The molecule has 15 heavy (non-hydrogen) atoms. The molecule has 6 heteroatoms. The zero-order valence-electron chi connectivity index (χ0n) is 7.98. The van der Waals surface area contributed by atoms with Crippen LogP contribution in [0.4, 0.5) is 5.69 Å². The second kappa shape index (κ2) is 3.77.